The van der Waals surface area contributed by atoms with E-state index in [2.05, 4.69) is 10.0 Å². The maximum absolute atomic E-state index is 13.4. The van der Waals surface area contributed by atoms with Crippen molar-refractivity contribution in [3.05, 3.63) is 83.1 Å². The van der Waals surface area contributed by atoms with Crippen LogP contribution in [0.25, 0.3) is 0 Å². The number of carbonyl (C=O) groups is 1. The van der Waals surface area contributed by atoms with Gasteiger partial charge >= 0.3 is 0 Å². The number of piperidine rings is 1. The zero-order chi connectivity index (χ0) is 23.4. The average molecular weight is 488 g/mol. The topological polar surface area (TPSA) is 78.5 Å². The van der Waals surface area contributed by atoms with Gasteiger partial charge in [-0.15, -0.1) is 0 Å². The molecule has 33 heavy (non-hydrogen) atoms. The lowest BCUT2D eigenvalue weighted by Gasteiger charge is -2.30. The highest BCUT2D eigenvalue weighted by molar-refractivity contribution is 7.93. The maximum atomic E-state index is 13.4. The highest BCUT2D eigenvalue weighted by Gasteiger charge is 2.25. The molecular formula is C24H23ClFN3O3S. The predicted molar refractivity (Wildman–Crippen MR) is 129 cm³/mol. The first-order valence-electron chi connectivity index (χ1n) is 10.6. The Morgan fingerprint density at radius 3 is 2.33 bits per heavy atom. The van der Waals surface area contributed by atoms with Crippen molar-refractivity contribution in [3.8, 4) is 0 Å². The smallest absolute Gasteiger partial charge is 0.264 e. The molecule has 0 bridgehead atoms. The van der Waals surface area contributed by atoms with Crippen LogP contribution in [0.15, 0.2) is 71.6 Å². The van der Waals surface area contributed by atoms with E-state index in [4.69, 9.17) is 11.6 Å². The van der Waals surface area contributed by atoms with Gasteiger partial charge in [0.15, 0.2) is 0 Å². The fourth-order valence-corrected chi connectivity index (χ4v) is 5.32. The molecule has 0 unspecified atom stereocenters. The van der Waals surface area contributed by atoms with E-state index < -0.39 is 21.7 Å². The number of sulfonamides is 1. The maximum Gasteiger partial charge on any atom is 0.264 e. The van der Waals surface area contributed by atoms with Crippen molar-refractivity contribution >= 4 is 44.6 Å². The van der Waals surface area contributed by atoms with Gasteiger partial charge in [-0.3, -0.25) is 9.52 Å². The van der Waals surface area contributed by atoms with Crippen LogP contribution in [-0.2, 0) is 10.0 Å². The zero-order valence-corrected chi connectivity index (χ0v) is 19.3. The number of rotatable bonds is 6. The summed E-state index contributed by atoms with van der Waals surface area (Å²) in [6.07, 6.45) is 3.04. The Labute approximate surface area is 197 Å². The summed E-state index contributed by atoms with van der Waals surface area (Å²) < 4.78 is 42.6. The van der Waals surface area contributed by atoms with Gasteiger partial charge in [0.2, 0.25) is 0 Å². The number of carbonyl (C=O) groups excluding carboxylic acids is 1. The van der Waals surface area contributed by atoms with Crippen molar-refractivity contribution in [1.29, 1.82) is 0 Å². The van der Waals surface area contributed by atoms with Gasteiger partial charge in [-0.2, -0.15) is 0 Å². The highest BCUT2D eigenvalue weighted by atomic mass is 35.5. The fourth-order valence-electron chi connectivity index (χ4n) is 3.75. The third-order valence-corrected chi connectivity index (χ3v) is 7.15. The molecular weight excluding hydrogens is 465 g/mol. The van der Waals surface area contributed by atoms with Crippen molar-refractivity contribution in [2.75, 3.05) is 28.0 Å². The normalized spacial score (nSPS) is 14.1. The highest BCUT2D eigenvalue weighted by Crippen LogP contribution is 2.33. The molecule has 2 N–H and O–H groups in total. The second kappa shape index (κ2) is 9.80. The molecule has 1 amide bonds. The van der Waals surface area contributed by atoms with Gasteiger partial charge in [0.1, 0.15) is 10.7 Å². The van der Waals surface area contributed by atoms with Crippen LogP contribution in [0.1, 0.15) is 29.6 Å². The van der Waals surface area contributed by atoms with Gasteiger partial charge in [0.05, 0.1) is 16.4 Å². The van der Waals surface area contributed by atoms with Gasteiger partial charge in [0, 0.05) is 24.3 Å². The summed E-state index contributed by atoms with van der Waals surface area (Å²) in [4.78, 5) is 14.7. The average Bonchev–Trinajstić information content (AvgIpc) is 2.81. The Morgan fingerprint density at radius 2 is 1.64 bits per heavy atom. The monoisotopic (exact) mass is 487 g/mol. The Bertz CT molecular complexity index is 1260. The number of halogens is 2. The second-order valence-electron chi connectivity index (χ2n) is 7.78. The molecule has 0 saturated carbocycles. The summed E-state index contributed by atoms with van der Waals surface area (Å²) in [5.41, 5.74) is 1.40. The van der Waals surface area contributed by atoms with Crippen molar-refractivity contribution in [2.24, 2.45) is 0 Å². The van der Waals surface area contributed by atoms with Gasteiger partial charge in [-0.25, -0.2) is 12.8 Å². The number of anilines is 3. The van der Waals surface area contributed by atoms with Crippen molar-refractivity contribution < 1.29 is 17.6 Å². The Balaban J connectivity index is 1.69. The molecule has 172 valence electrons. The first-order chi connectivity index (χ1) is 15.8. The molecule has 4 rings (SSSR count). The third kappa shape index (κ3) is 5.46. The van der Waals surface area contributed by atoms with Gasteiger partial charge < -0.3 is 10.2 Å². The summed E-state index contributed by atoms with van der Waals surface area (Å²) in [6, 6.07) is 16.5. The van der Waals surface area contributed by atoms with Crippen LogP contribution in [0.3, 0.4) is 0 Å². The number of nitrogens with one attached hydrogen (secondary N) is 2. The van der Waals surface area contributed by atoms with Crippen LogP contribution >= 0.6 is 11.6 Å². The molecule has 1 heterocycles. The minimum absolute atomic E-state index is 0.0428. The summed E-state index contributed by atoms with van der Waals surface area (Å²) in [5, 5.41) is 2.98. The predicted octanol–water partition coefficient (Wildman–Crippen LogP) is 5.52. The number of para-hydroxylation sites is 1. The lowest BCUT2D eigenvalue weighted by atomic mass is 10.1. The first kappa shape index (κ1) is 23.1. The molecule has 0 radical (unpaired) electrons. The van der Waals surface area contributed by atoms with E-state index in [1.807, 2.05) is 4.90 Å². The molecule has 1 saturated heterocycles. The summed E-state index contributed by atoms with van der Waals surface area (Å²) in [5.74, 6) is -0.917. The largest absolute Gasteiger partial charge is 0.370 e. The fraction of sp³-hybridized carbons (Fsp3) is 0.208. The molecule has 0 aromatic heterocycles. The number of amides is 1. The number of benzene rings is 3. The number of hydrogen-bond donors (Lipinski definition) is 2. The lowest BCUT2D eigenvalue weighted by Crippen LogP contribution is -2.31. The first-order valence-corrected chi connectivity index (χ1v) is 12.4. The zero-order valence-electron chi connectivity index (χ0n) is 17.7. The minimum Gasteiger partial charge on any atom is -0.370 e. The second-order valence-corrected chi connectivity index (χ2v) is 9.83. The summed E-state index contributed by atoms with van der Waals surface area (Å²) in [6.45, 7) is 1.49. The number of hydrogen-bond acceptors (Lipinski definition) is 4. The lowest BCUT2D eigenvalue weighted by molar-refractivity contribution is 0.102. The molecule has 1 fully saturated rings. The van der Waals surface area contributed by atoms with E-state index in [0.29, 0.717) is 11.4 Å². The van der Waals surface area contributed by atoms with Crippen LogP contribution in [0.2, 0.25) is 5.02 Å². The van der Waals surface area contributed by atoms with Crippen LogP contribution in [0.4, 0.5) is 21.5 Å². The Hall–Kier alpha value is -3.10. The van der Waals surface area contributed by atoms with Crippen LogP contribution < -0.4 is 14.9 Å². The Kier molecular flexibility index (Phi) is 6.85. The van der Waals surface area contributed by atoms with E-state index >= 15 is 0 Å². The van der Waals surface area contributed by atoms with Crippen molar-refractivity contribution in [2.45, 2.75) is 24.2 Å². The molecule has 0 atom stereocenters. The molecule has 0 spiro atoms. The quantitative estimate of drug-likeness (QED) is 0.479. The van der Waals surface area contributed by atoms with Crippen LogP contribution in [-0.4, -0.2) is 27.4 Å². The molecule has 3 aromatic carbocycles. The molecule has 3 aromatic rings. The molecule has 0 aliphatic carbocycles. The standard InChI is InChI=1S/C24H23ClFN3O3S/c25-20-6-2-3-7-21(20)28-33(31,32)23-16-19(12-13-22(23)29-14-4-1-5-15-29)27-24(30)17-8-10-18(26)11-9-17/h2-3,6-13,16,28H,1,4-5,14-15H2,(H,27,30). The van der Waals surface area contributed by atoms with Crippen LogP contribution in [0.5, 0.6) is 0 Å². The third-order valence-electron chi connectivity index (χ3n) is 5.43. The SMILES string of the molecule is O=C(Nc1ccc(N2CCCCC2)c(S(=O)(=O)Nc2ccccc2Cl)c1)c1ccc(F)cc1. The minimum atomic E-state index is -4.02. The van der Waals surface area contributed by atoms with Gasteiger partial charge in [0.25, 0.3) is 15.9 Å². The molecule has 1 aliphatic rings. The van der Waals surface area contributed by atoms with E-state index in [9.17, 15) is 17.6 Å². The molecule has 9 heteroatoms. The molecule has 6 nitrogen and oxygen atoms in total. The van der Waals surface area contributed by atoms with Gasteiger partial charge in [-0.05, 0) is 73.9 Å². The molecule has 1 aliphatic heterocycles. The van der Waals surface area contributed by atoms with Crippen LogP contribution in [0, 0.1) is 5.82 Å². The van der Waals surface area contributed by atoms with E-state index in [0.717, 1.165) is 32.4 Å². The van der Waals surface area contributed by atoms with E-state index in [1.54, 1.807) is 36.4 Å². The van der Waals surface area contributed by atoms with E-state index in [-0.39, 0.29) is 21.2 Å². The van der Waals surface area contributed by atoms with Gasteiger partial charge in [-0.1, -0.05) is 23.7 Å². The van der Waals surface area contributed by atoms with Crippen molar-refractivity contribution in [3.63, 3.8) is 0 Å². The number of nitrogens with zero attached hydrogens (tertiary/aromatic N) is 1. The summed E-state index contributed by atoms with van der Waals surface area (Å²) in [7, 11) is -4.02. The van der Waals surface area contributed by atoms with Crippen molar-refractivity contribution in [1.82, 2.24) is 0 Å². The van der Waals surface area contributed by atoms with E-state index in [1.165, 1.54) is 30.3 Å². The Morgan fingerprint density at radius 1 is 0.939 bits per heavy atom. The summed E-state index contributed by atoms with van der Waals surface area (Å²) >= 11 is 6.16.